The van der Waals surface area contributed by atoms with Crippen molar-refractivity contribution in [1.82, 2.24) is 4.31 Å². The Morgan fingerprint density at radius 1 is 1.28 bits per heavy atom. The Hall–Kier alpha value is -1.07. The number of hydrogen-bond donors (Lipinski definition) is 0. The fourth-order valence-electron chi connectivity index (χ4n) is 2.00. The van der Waals surface area contributed by atoms with E-state index in [0.29, 0.717) is 19.7 Å². The third kappa shape index (κ3) is 3.03. The Morgan fingerprint density at radius 2 is 2.00 bits per heavy atom. The molecule has 0 saturated heterocycles. The molecule has 0 atom stereocenters. The maximum Gasteiger partial charge on any atom is 0.211 e. The monoisotopic (exact) mass is 269 g/mol. The molecule has 0 N–H and O–H groups in total. The van der Waals surface area contributed by atoms with Crippen LogP contribution in [0.25, 0.3) is 0 Å². The van der Waals surface area contributed by atoms with Crippen LogP contribution in [-0.2, 0) is 23.1 Å². The Morgan fingerprint density at radius 3 is 2.67 bits per heavy atom. The molecule has 0 bridgehead atoms. The molecule has 0 aliphatic carbocycles. The lowest BCUT2D eigenvalue weighted by Crippen LogP contribution is -2.23. The van der Waals surface area contributed by atoms with Gasteiger partial charge < -0.3 is 4.74 Å². The summed E-state index contributed by atoms with van der Waals surface area (Å²) in [6.45, 7) is 3.77. The Kier molecular flexibility index (Phi) is 3.92. The fourth-order valence-corrected chi connectivity index (χ4v) is 2.75. The molecular formula is C13H19NO3S. The molecule has 1 aliphatic rings. The van der Waals surface area contributed by atoms with Crippen LogP contribution in [0, 0.1) is 0 Å². The highest BCUT2D eigenvalue weighted by Crippen LogP contribution is 2.28. The number of rotatable bonds is 5. The van der Waals surface area contributed by atoms with Gasteiger partial charge in [0, 0.05) is 13.1 Å². The Balaban J connectivity index is 2.07. The highest BCUT2D eigenvalue weighted by atomic mass is 32.2. The summed E-state index contributed by atoms with van der Waals surface area (Å²) in [6, 6.07) is 5.83. The summed E-state index contributed by atoms with van der Waals surface area (Å²) in [4.78, 5) is 0. The minimum atomic E-state index is -3.11. The minimum Gasteiger partial charge on any atom is -0.494 e. The number of sulfonamides is 1. The van der Waals surface area contributed by atoms with E-state index in [1.54, 1.807) is 0 Å². The van der Waals surface area contributed by atoms with Gasteiger partial charge in [0.05, 0.1) is 12.9 Å². The highest BCUT2D eigenvalue weighted by Gasteiger charge is 2.25. The number of hydrogen-bond acceptors (Lipinski definition) is 3. The van der Waals surface area contributed by atoms with Crippen LogP contribution in [0.4, 0.5) is 0 Å². The zero-order valence-electron chi connectivity index (χ0n) is 10.8. The minimum absolute atomic E-state index is 0.457. The average Bonchev–Trinajstić information content (AvgIpc) is 2.72. The van der Waals surface area contributed by atoms with Crippen molar-refractivity contribution in [3.05, 3.63) is 29.3 Å². The van der Waals surface area contributed by atoms with E-state index < -0.39 is 10.0 Å². The SMILES string of the molecule is CCCCOc1ccc2c(c1)CN(S(C)(=O)=O)C2. The molecule has 0 amide bonds. The van der Waals surface area contributed by atoms with E-state index in [0.717, 1.165) is 29.7 Å². The van der Waals surface area contributed by atoms with E-state index in [-0.39, 0.29) is 0 Å². The zero-order chi connectivity index (χ0) is 13.2. The van der Waals surface area contributed by atoms with Crippen LogP contribution in [-0.4, -0.2) is 25.6 Å². The van der Waals surface area contributed by atoms with Gasteiger partial charge in [-0.3, -0.25) is 0 Å². The summed E-state index contributed by atoms with van der Waals surface area (Å²) >= 11 is 0. The number of fused-ring (bicyclic) bond motifs is 1. The van der Waals surface area contributed by atoms with E-state index in [4.69, 9.17) is 4.74 Å². The standard InChI is InChI=1S/C13H19NO3S/c1-3-4-7-17-13-6-5-11-9-14(18(2,15)16)10-12(11)8-13/h5-6,8H,3-4,7,9-10H2,1-2H3. The van der Waals surface area contributed by atoms with Gasteiger partial charge in [-0.1, -0.05) is 19.4 Å². The Bertz CT molecular complexity index is 525. The molecule has 0 saturated carbocycles. The zero-order valence-corrected chi connectivity index (χ0v) is 11.7. The maximum atomic E-state index is 11.5. The summed E-state index contributed by atoms with van der Waals surface area (Å²) in [5.41, 5.74) is 2.12. The molecule has 2 rings (SSSR count). The summed E-state index contributed by atoms with van der Waals surface area (Å²) in [7, 11) is -3.11. The van der Waals surface area contributed by atoms with Gasteiger partial charge in [0.15, 0.2) is 0 Å². The first-order valence-corrected chi connectivity index (χ1v) is 8.05. The summed E-state index contributed by atoms with van der Waals surface area (Å²) < 4.78 is 30.1. The lowest BCUT2D eigenvalue weighted by Gasteiger charge is -2.10. The number of ether oxygens (including phenoxy) is 1. The lowest BCUT2D eigenvalue weighted by molar-refractivity contribution is 0.309. The maximum absolute atomic E-state index is 11.5. The molecule has 1 aromatic carbocycles. The van der Waals surface area contributed by atoms with Gasteiger partial charge in [0.1, 0.15) is 5.75 Å². The van der Waals surface area contributed by atoms with E-state index in [1.807, 2.05) is 18.2 Å². The van der Waals surface area contributed by atoms with Crippen molar-refractivity contribution in [3.8, 4) is 5.75 Å². The fraction of sp³-hybridized carbons (Fsp3) is 0.538. The van der Waals surface area contributed by atoms with Crippen molar-refractivity contribution < 1.29 is 13.2 Å². The largest absolute Gasteiger partial charge is 0.494 e. The molecule has 1 aliphatic heterocycles. The molecule has 18 heavy (non-hydrogen) atoms. The number of benzene rings is 1. The van der Waals surface area contributed by atoms with Gasteiger partial charge in [-0.15, -0.1) is 0 Å². The van der Waals surface area contributed by atoms with Crippen LogP contribution in [0.15, 0.2) is 18.2 Å². The van der Waals surface area contributed by atoms with Gasteiger partial charge in [0.2, 0.25) is 10.0 Å². The molecule has 0 unspecified atom stereocenters. The number of unbranched alkanes of at least 4 members (excludes halogenated alkanes) is 1. The summed E-state index contributed by atoms with van der Waals surface area (Å²) in [6.07, 6.45) is 3.39. The molecular weight excluding hydrogens is 250 g/mol. The second kappa shape index (κ2) is 5.28. The van der Waals surface area contributed by atoms with Crippen molar-refractivity contribution in [1.29, 1.82) is 0 Å². The average molecular weight is 269 g/mol. The smallest absolute Gasteiger partial charge is 0.211 e. The first kappa shape index (κ1) is 13.4. The van der Waals surface area contributed by atoms with E-state index >= 15 is 0 Å². The summed E-state index contributed by atoms with van der Waals surface area (Å²) in [5, 5.41) is 0. The van der Waals surface area contributed by atoms with Crippen LogP contribution < -0.4 is 4.74 Å². The van der Waals surface area contributed by atoms with E-state index in [1.165, 1.54) is 10.6 Å². The first-order valence-electron chi connectivity index (χ1n) is 6.20. The number of nitrogens with zero attached hydrogens (tertiary/aromatic N) is 1. The van der Waals surface area contributed by atoms with Crippen molar-refractivity contribution in [2.24, 2.45) is 0 Å². The summed E-state index contributed by atoms with van der Waals surface area (Å²) in [5.74, 6) is 0.831. The van der Waals surface area contributed by atoms with Gasteiger partial charge in [-0.2, -0.15) is 4.31 Å². The van der Waals surface area contributed by atoms with Crippen molar-refractivity contribution in [2.75, 3.05) is 12.9 Å². The van der Waals surface area contributed by atoms with Gasteiger partial charge in [0.25, 0.3) is 0 Å². The quantitative estimate of drug-likeness (QED) is 0.769. The van der Waals surface area contributed by atoms with Crippen LogP contribution in [0.2, 0.25) is 0 Å². The van der Waals surface area contributed by atoms with Gasteiger partial charge in [-0.25, -0.2) is 8.42 Å². The molecule has 0 aromatic heterocycles. The predicted molar refractivity (Wildman–Crippen MR) is 70.9 cm³/mol. The highest BCUT2D eigenvalue weighted by molar-refractivity contribution is 7.88. The van der Waals surface area contributed by atoms with Crippen molar-refractivity contribution in [3.63, 3.8) is 0 Å². The molecule has 1 aromatic rings. The van der Waals surface area contributed by atoms with Gasteiger partial charge >= 0.3 is 0 Å². The van der Waals surface area contributed by atoms with Crippen LogP contribution in [0.3, 0.4) is 0 Å². The molecule has 0 radical (unpaired) electrons. The molecule has 100 valence electrons. The van der Waals surface area contributed by atoms with Crippen molar-refractivity contribution in [2.45, 2.75) is 32.9 Å². The topological polar surface area (TPSA) is 46.6 Å². The third-order valence-corrected chi connectivity index (χ3v) is 4.30. The first-order chi connectivity index (χ1) is 8.50. The second-order valence-corrected chi connectivity index (χ2v) is 6.65. The van der Waals surface area contributed by atoms with Gasteiger partial charge in [-0.05, 0) is 29.7 Å². The third-order valence-electron chi connectivity index (χ3n) is 3.11. The molecule has 1 heterocycles. The normalized spacial score (nSPS) is 15.7. The van der Waals surface area contributed by atoms with Crippen LogP contribution in [0.1, 0.15) is 30.9 Å². The second-order valence-electron chi connectivity index (χ2n) is 4.66. The molecule has 5 heteroatoms. The Labute approximate surface area is 109 Å². The lowest BCUT2D eigenvalue weighted by atomic mass is 10.1. The molecule has 0 spiro atoms. The molecule has 0 fully saturated rings. The van der Waals surface area contributed by atoms with Crippen LogP contribution in [0.5, 0.6) is 5.75 Å². The van der Waals surface area contributed by atoms with Crippen molar-refractivity contribution >= 4 is 10.0 Å². The predicted octanol–water partition coefficient (Wildman–Crippen LogP) is 2.14. The van der Waals surface area contributed by atoms with E-state index in [2.05, 4.69) is 6.92 Å². The van der Waals surface area contributed by atoms with E-state index in [9.17, 15) is 8.42 Å². The van der Waals surface area contributed by atoms with Crippen LogP contribution >= 0.6 is 0 Å². The molecule has 4 nitrogen and oxygen atoms in total.